The Balaban J connectivity index is 3.30. The SMILES string of the molecule is CCCCCCCC(OCC)OCC. The molecule has 0 saturated carbocycles. The van der Waals surface area contributed by atoms with Gasteiger partial charge in [0.05, 0.1) is 0 Å². The van der Waals surface area contributed by atoms with Crippen molar-refractivity contribution in [3.05, 3.63) is 0 Å². The van der Waals surface area contributed by atoms with Crippen molar-refractivity contribution in [2.24, 2.45) is 0 Å². The Morgan fingerprint density at radius 3 is 1.86 bits per heavy atom. The van der Waals surface area contributed by atoms with Gasteiger partial charge in [-0.2, -0.15) is 0 Å². The first-order valence-electron chi connectivity index (χ1n) is 6.08. The molecule has 0 unspecified atom stereocenters. The minimum Gasteiger partial charge on any atom is -0.353 e. The average Bonchev–Trinajstić information content (AvgIpc) is 2.18. The van der Waals surface area contributed by atoms with E-state index in [1.165, 1.54) is 32.1 Å². The Morgan fingerprint density at radius 2 is 1.36 bits per heavy atom. The van der Waals surface area contributed by atoms with E-state index in [2.05, 4.69) is 6.92 Å². The summed E-state index contributed by atoms with van der Waals surface area (Å²) >= 11 is 0. The molecule has 2 nitrogen and oxygen atoms in total. The molecule has 86 valence electrons. The zero-order chi connectivity index (χ0) is 10.6. The maximum Gasteiger partial charge on any atom is 0.157 e. The highest BCUT2D eigenvalue weighted by Gasteiger charge is 2.06. The van der Waals surface area contributed by atoms with Crippen LogP contribution in [0, 0.1) is 0 Å². The van der Waals surface area contributed by atoms with Crippen molar-refractivity contribution in [1.82, 2.24) is 0 Å². The molecular weight excluding hydrogens is 176 g/mol. The van der Waals surface area contributed by atoms with E-state index < -0.39 is 0 Å². The standard InChI is InChI=1S/C12H26O2/c1-4-7-8-9-10-11-12(13-5-2)14-6-3/h12H,4-11H2,1-3H3. The van der Waals surface area contributed by atoms with Crippen molar-refractivity contribution in [3.8, 4) is 0 Å². The molecule has 0 aliphatic carbocycles. The van der Waals surface area contributed by atoms with E-state index in [9.17, 15) is 0 Å². The van der Waals surface area contributed by atoms with Crippen LogP contribution in [-0.4, -0.2) is 19.5 Å². The fourth-order valence-electron chi connectivity index (χ4n) is 1.50. The summed E-state index contributed by atoms with van der Waals surface area (Å²) in [5.74, 6) is 0. The van der Waals surface area contributed by atoms with Crippen molar-refractivity contribution in [2.45, 2.75) is 65.6 Å². The summed E-state index contributed by atoms with van der Waals surface area (Å²) < 4.78 is 10.9. The van der Waals surface area contributed by atoms with Crippen LogP contribution in [0.3, 0.4) is 0 Å². The van der Waals surface area contributed by atoms with Gasteiger partial charge in [-0.05, 0) is 26.7 Å². The molecule has 0 aromatic rings. The Bertz CT molecular complexity index is 98.5. The maximum atomic E-state index is 5.47. The fourth-order valence-corrected chi connectivity index (χ4v) is 1.50. The summed E-state index contributed by atoms with van der Waals surface area (Å²) in [6.45, 7) is 7.77. The van der Waals surface area contributed by atoms with Crippen molar-refractivity contribution in [3.63, 3.8) is 0 Å². The quantitative estimate of drug-likeness (QED) is 0.397. The van der Waals surface area contributed by atoms with Crippen molar-refractivity contribution >= 4 is 0 Å². The molecule has 0 atom stereocenters. The second kappa shape index (κ2) is 11.0. The van der Waals surface area contributed by atoms with E-state index in [-0.39, 0.29) is 6.29 Å². The molecule has 0 bridgehead atoms. The highest BCUT2D eigenvalue weighted by atomic mass is 16.7. The molecule has 0 fully saturated rings. The lowest BCUT2D eigenvalue weighted by Crippen LogP contribution is -2.17. The molecule has 0 aliphatic heterocycles. The lowest BCUT2D eigenvalue weighted by atomic mass is 10.1. The Hall–Kier alpha value is -0.0800. The molecule has 0 aromatic heterocycles. The van der Waals surface area contributed by atoms with E-state index in [4.69, 9.17) is 9.47 Å². The van der Waals surface area contributed by atoms with Crippen molar-refractivity contribution in [2.75, 3.05) is 13.2 Å². The van der Waals surface area contributed by atoms with Crippen LogP contribution in [0.25, 0.3) is 0 Å². The van der Waals surface area contributed by atoms with Crippen LogP contribution in [0.1, 0.15) is 59.3 Å². The summed E-state index contributed by atoms with van der Waals surface area (Å²) in [7, 11) is 0. The van der Waals surface area contributed by atoms with Crippen LogP contribution in [0.2, 0.25) is 0 Å². The largest absolute Gasteiger partial charge is 0.353 e. The lowest BCUT2D eigenvalue weighted by Gasteiger charge is -2.16. The summed E-state index contributed by atoms with van der Waals surface area (Å²) in [4.78, 5) is 0. The van der Waals surface area contributed by atoms with Crippen molar-refractivity contribution in [1.29, 1.82) is 0 Å². The molecule has 0 amide bonds. The highest BCUT2D eigenvalue weighted by Crippen LogP contribution is 2.10. The van der Waals surface area contributed by atoms with Crippen LogP contribution in [-0.2, 0) is 9.47 Å². The lowest BCUT2D eigenvalue weighted by molar-refractivity contribution is -0.140. The maximum absolute atomic E-state index is 5.47. The van der Waals surface area contributed by atoms with Gasteiger partial charge in [0.15, 0.2) is 6.29 Å². The number of rotatable bonds is 10. The van der Waals surface area contributed by atoms with E-state index >= 15 is 0 Å². The smallest absolute Gasteiger partial charge is 0.157 e. The molecule has 0 aliphatic rings. The van der Waals surface area contributed by atoms with Gasteiger partial charge in [-0.15, -0.1) is 0 Å². The zero-order valence-corrected chi connectivity index (χ0v) is 10.1. The van der Waals surface area contributed by atoms with Gasteiger partial charge in [-0.1, -0.05) is 32.6 Å². The van der Waals surface area contributed by atoms with E-state index in [0.29, 0.717) is 0 Å². The van der Waals surface area contributed by atoms with Gasteiger partial charge >= 0.3 is 0 Å². The number of ether oxygens (including phenoxy) is 2. The third kappa shape index (κ3) is 8.52. The molecule has 0 rings (SSSR count). The van der Waals surface area contributed by atoms with Gasteiger partial charge in [0.2, 0.25) is 0 Å². The molecule has 14 heavy (non-hydrogen) atoms. The monoisotopic (exact) mass is 202 g/mol. The fraction of sp³-hybridized carbons (Fsp3) is 1.00. The molecule has 0 saturated heterocycles. The second-order valence-corrected chi connectivity index (χ2v) is 3.54. The zero-order valence-electron chi connectivity index (χ0n) is 10.1. The van der Waals surface area contributed by atoms with Crippen LogP contribution < -0.4 is 0 Å². The van der Waals surface area contributed by atoms with Gasteiger partial charge in [-0.3, -0.25) is 0 Å². The van der Waals surface area contributed by atoms with Gasteiger partial charge in [0.25, 0.3) is 0 Å². The number of hydrogen-bond donors (Lipinski definition) is 0. The second-order valence-electron chi connectivity index (χ2n) is 3.54. The van der Waals surface area contributed by atoms with Gasteiger partial charge in [0.1, 0.15) is 0 Å². The summed E-state index contributed by atoms with van der Waals surface area (Å²) in [6, 6.07) is 0. The normalized spacial score (nSPS) is 11.1. The van der Waals surface area contributed by atoms with Gasteiger partial charge in [-0.25, -0.2) is 0 Å². The topological polar surface area (TPSA) is 18.5 Å². The first-order chi connectivity index (χ1) is 6.85. The predicted octanol–water partition coefficient (Wildman–Crippen LogP) is 3.75. The Morgan fingerprint density at radius 1 is 0.786 bits per heavy atom. The first-order valence-corrected chi connectivity index (χ1v) is 6.08. The highest BCUT2D eigenvalue weighted by molar-refractivity contribution is 4.48. The summed E-state index contributed by atoms with van der Waals surface area (Å²) in [5.41, 5.74) is 0. The summed E-state index contributed by atoms with van der Waals surface area (Å²) in [6.07, 6.45) is 7.63. The molecule has 0 heterocycles. The van der Waals surface area contributed by atoms with Crippen LogP contribution in [0.15, 0.2) is 0 Å². The first kappa shape index (κ1) is 13.9. The molecule has 0 radical (unpaired) electrons. The molecular formula is C12H26O2. The number of unbranched alkanes of at least 4 members (excludes halogenated alkanes) is 4. The van der Waals surface area contributed by atoms with Gasteiger partial charge in [0, 0.05) is 13.2 Å². The van der Waals surface area contributed by atoms with E-state index in [1.54, 1.807) is 0 Å². The predicted molar refractivity (Wildman–Crippen MR) is 60.4 cm³/mol. The molecule has 0 spiro atoms. The van der Waals surface area contributed by atoms with Crippen LogP contribution in [0.5, 0.6) is 0 Å². The van der Waals surface area contributed by atoms with Crippen molar-refractivity contribution < 1.29 is 9.47 Å². The van der Waals surface area contributed by atoms with E-state index in [1.807, 2.05) is 13.8 Å². The average molecular weight is 202 g/mol. The van der Waals surface area contributed by atoms with Gasteiger partial charge < -0.3 is 9.47 Å². The minimum absolute atomic E-state index is 0.0339. The minimum atomic E-state index is 0.0339. The third-order valence-corrected chi connectivity index (χ3v) is 2.25. The molecule has 0 N–H and O–H groups in total. The number of hydrogen-bond acceptors (Lipinski definition) is 2. The Kier molecular flexibility index (Phi) is 10.9. The summed E-state index contributed by atoms with van der Waals surface area (Å²) in [5, 5.41) is 0. The van der Waals surface area contributed by atoms with Crippen LogP contribution >= 0.6 is 0 Å². The van der Waals surface area contributed by atoms with Crippen LogP contribution in [0.4, 0.5) is 0 Å². The third-order valence-electron chi connectivity index (χ3n) is 2.25. The molecule has 2 heteroatoms. The molecule has 0 aromatic carbocycles. The Labute approximate surface area is 89.0 Å². The van der Waals surface area contributed by atoms with E-state index in [0.717, 1.165) is 19.6 Å².